The zero-order chi connectivity index (χ0) is 12.8. The van der Waals surface area contributed by atoms with Crippen LogP contribution in [-0.2, 0) is 11.3 Å². The van der Waals surface area contributed by atoms with E-state index in [1.807, 2.05) is 27.1 Å². The average molecular weight is 235 g/mol. The van der Waals surface area contributed by atoms with Gasteiger partial charge in [-0.1, -0.05) is 19.1 Å². The van der Waals surface area contributed by atoms with Crippen molar-refractivity contribution < 1.29 is 9.53 Å². The van der Waals surface area contributed by atoms with Gasteiger partial charge in [0.2, 0.25) is 0 Å². The third-order valence-corrected chi connectivity index (χ3v) is 2.77. The number of methoxy groups -OCH3 is 1. The summed E-state index contributed by atoms with van der Waals surface area (Å²) >= 11 is 0. The molecular formula is C14H21NO2. The topological polar surface area (TPSA) is 29.5 Å². The molecule has 0 aliphatic carbocycles. The number of hydrogen-bond acceptors (Lipinski definition) is 3. The Morgan fingerprint density at radius 3 is 2.65 bits per heavy atom. The molecule has 17 heavy (non-hydrogen) atoms. The molecule has 0 amide bonds. The van der Waals surface area contributed by atoms with Crippen LogP contribution in [0.3, 0.4) is 0 Å². The van der Waals surface area contributed by atoms with Gasteiger partial charge in [0.25, 0.3) is 0 Å². The molecule has 0 bridgehead atoms. The van der Waals surface area contributed by atoms with Gasteiger partial charge < -0.3 is 14.4 Å². The number of benzene rings is 1. The molecule has 0 aliphatic heterocycles. The van der Waals surface area contributed by atoms with Crippen molar-refractivity contribution in [1.82, 2.24) is 4.90 Å². The maximum atomic E-state index is 10.6. The second kappa shape index (κ2) is 6.40. The maximum Gasteiger partial charge on any atom is 0.122 e. The highest BCUT2D eigenvalue weighted by molar-refractivity contribution is 5.53. The number of ether oxygens (including phenoxy) is 1. The quantitative estimate of drug-likeness (QED) is 0.709. The Morgan fingerprint density at radius 1 is 1.41 bits per heavy atom. The van der Waals surface area contributed by atoms with Crippen molar-refractivity contribution >= 4 is 6.29 Å². The van der Waals surface area contributed by atoms with Gasteiger partial charge in [0.05, 0.1) is 7.11 Å². The molecular weight excluding hydrogens is 214 g/mol. The van der Waals surface area contributed by atoms with Crippen molar-refractivity contribution in [2.24, 2.45) is 0 Å². The molecule has 0 spiro atoms. The minimum atomic E-state index is 0.199. The normalized spacial score (nSPS) is 12.5. The minimum Gasteiger partial charge on any atom is -0.496 e. The van der Waals surface area contributed by atoms with Gasteiger partial charge in [0.1, 0.15) is 12.0 Å². The third-order valence-electron chi connectivity index (χ3n) is 2.77. The minimum absolute atomic E-state index is 0.199. The summed E-state index contributed by atoms with van der Waals surface area (Å²) in [6.45, 7) is 2.94. The van der Waals surface area contributed by atoms with Crippen LogP contribution in [0.15, 0.2) is 18.2 Å². The van der Waals surface area contributed by atoms with Gasteiger partial charge in [-0.2, -0.15) is 0 Å². The lowest BCUT2D eigenvalue weighted by atomic mass is 9.95. The Morgan fingerprint density at radius 2 is 2.12 bits per heavy atom. The third kappa shape index (κ3) is 3.86. The van der Waals surface area contributed by atoms with Crippen LogP contribution in [0.5, 0.6) is 5.75 Å². The van der Waals surface area contributed by atoms with Crippen LogP contribution in [0, 0.1) is 0 Å². The molecule has 94 valence electrons. The molecule has 0 fully saturated rings. The van der Waals surface area contributed by atoms with Crippen LogP contribution in [-0.4, -0.2) is 32.4 Å². The highest BCUT2D eigenvalue weighted by atomic mass is 16.5. The largest absolute Gasteiger partial charge is 0.496 e. The van der Waals surface area contributed by atoms with Crippen molar-refractivity contribution in [2.45, 2.75) is 25.8 Å². The highest BCUT2D eigenvalue weighted by Gasteiger charge is 2.12. The summed E-state index contributed by atoms with van der Waals surface area (Å²) in [5.41, 5.74) is 2.35. The Labute approximate surface area is 103 Å². The molecule has 0 saturated heterocycles. The Hall–Kier alpha value is -1.35. The molecule has 0 N–H and O–H groups in total. The summed E-state index contributed by atoms with van der Waals surface area (Å²) in [6.07, 6.45) is 1.49. The second-order valence-electron chi connectivity index (χ2n) is 4.62. The molecule has 0 radical (unpaired) electrons. The molecule has 3 nitrogen and oxygen atoms in total. The number of nitrogens with zero attached hydrogens (tertiary/aromatic N) is 1. The van der Waals surface area contributed by atoms with Gasteiger partial charge in [0, 0.05) is 13.0 Å². The average Bonchev–Trinajstić information content (AvgIpc) is 2.28. The van der Waals surface area contributed by atoms with E-state index in [4.69, 9.17) is 4.74 Å². The summed E-state index contributed by atoms with van der Waals surface area (Å²) in [6, 6.07) is 6.18. The first-order valence-corrected chi connectivity index (χ1v) is 5.83. The monoisotopic (exact) mass is 235 g/mol. The van der Waals surface area contributed by atoms with Crippen molar-refractivity contribution in [3.05, 3.63) is 29.3 Å². The van der Waals surface area contributed by atoms with Crippen LogP contribution in [0.4, 0.5) is 0 Å². The smallest absolute Gasteiger partial charge is 0.122 e. The van der Waals surface area contributed by atoms with Crippen LogP contribution in [0.2, 0.25) is 0 Å². The number of rotatable bonds is 6. The number of aldehydes is 1. The maximum absolute atomic E-state index is 10.6. The zero-order valence-electron chi connectivity index (χ0n) is 11.1. The molecule has 0 saturated carbocycles. The van der Waals surface area contributed by atoms with Crippen molar-refractivity contribution in [1.29, 1.82) is 0 Å². The molecule has 0 aromatic heterocycles. The fourth-order valence-corrected chi connectivity index (χ4v) is 1.90. The van der Waals surface area contributed by atoms with Gasteiger partial charge in [-0.25, -0.2) is 0 Å². The van der Waals surface area contributed by atoms with Crippen LogP contribution in [0.25, 0.3) is 0 Å². The van der Waals surface area contributed by atoms with Crippen LogP contribution < -0.4 is 4.74 Å². The lowest BCUT2D eigenvalue weighted by Crippen LogP contribution is -2.11. The zero-order valence-corrected chi connectivity index (χ0v) is 11.1. The lowest BCUT2D eigenvalue weighted by molar-refractivity contribution is -0.108. The fraction of sp³-hybridized carbons (Fsp3) is 0.500. The predicted molar refractivity (Wildman–Crippen MR) is 69.5 cm³/mol. The Bertz CT molecular complexity index is 374. The molecule has 1 aromatic carbocycles. The van der Waals surface area contributed by atoms with E-state index in [0.717, 1.165) is 24.1 Å². The van der Waals surface area contributed by atoms with E-state index in [9.17, 15) is 4.79 Å². The van der Waals surface area contributed by atoms with Crippen molar-refractivity contribution in [3.8, 4) is 5.75 Å². The van der Waals surface area contributed by atoms with E-state index in [1.54, 1.807) is 7.11 Å². The Kier molecular flexibility index (Phi) is 5.16. The summed E-state index contributed by atoms with van der Waals surface area (Å²) in [5, 5.41) is 0. The molecule has 1 unspecified atom stereocenters. The van der Waals surface area contributed by atoms with E-state index < -0.39 is 0 Å². The molecule has 1 rings (SSSR count). The number of carbonyl (C=O) groups is 1. The van der Waals surface area contributed by atoms with E-state index in [2.05, 4.69) is 17.0 Å². The molecule has 1 atom stereocenters. The van der Waals surface area contributed by atoms with Gasteiger partial charge in [-0.3, -0.25) is 0 Å². The molecule has 0 heterocycles. The van der Waals surface area contributed by atoms with E-state index in [1.165, 1.54) is 5.56 Å². The van der Waals surface area contributed by atoms with Crippen molar-refractivity contribution in [3.63, 3.8) is 0 Å². The SMILES string of the molecule is COc1ccc(CN(C)C)cc1C(C)CC=O. The summed E-state index contributed by atoms with van der Waals surface area (Å²) in [4.78, 5) is 12.7. The lowest BCUT2D eigenvalue weighted by Gasteiger charge is -2.17. The fourth-order valence-electron chi connectivity index (χ4n) is 1.90. The van der Waals surface area contributed by atoms with Gasteiger partial charge >= 0.3 is 0 Å². The molecule has 1 aromatic rings. The van der Waals surface area contributed by atoms with Crippen molar-refractivity contribution in [2.75, 3.05) is 21.2 Å². The summed E-state index contributed by atoms with van der Waals surface area (Å²) in [7, 11) is 5.75. The highest BCUT2D eigenvalue weighted by Crippen LogP contribution is 2.29. The molecule has 3 heteroatoms. The first-order valence-electron chi connectivity index (χ1n) is 5.83. The van der Waals surface area contributed by atoms with Crippen LogP contribution >= 0.6 is 0 Å². The number of hydrogen-bond donors (Lipinski definition) is 0. The predicted octanol–water partition coefficient (Wildman–Crippen LogP) is 2.45. The van der Waals surface area contributed by atoms with Gasteiger partial charge in [-0.05, 0) is 37.2 Å². The van der Waals surface area contributed by atoms with E-state index >= 15 is 0 Å². The summed E-state index contributed by atoms with van der Waals surface area (Å²) < 4.78 is 5.34. The van der Waals surface area contributed by atoms with E-state index in [-0.39, 0.29) is 5.92 Å². The van der Waals surface area contributed by atoms with Gasteiger partial charge in [0.15, 0.2) is 0 Å². The standard InChI is InChI=1S/C14H21NO2/c1-11(7-8-16)13-9-12(10-15(2)3)5-6-14(13)17-4/h5-6,8-9,11H,7,10H2,1-4H3. The first-order chi connectivity index (χ1) is 8.08. The first kappa shape index (κ1) is 13.7. The molecule has 0 aliphatic rings. The number of carbonyl (C=O) groups excluding carboxylic acids is 1. The Balaban J connectivity index is 3.01. The summed E-state index contributed by atoms with van der Waals surface area (Å²) in [5.74, 6) is 1.06. The van der Waals surface area contributed by atoms with Gasteiger partial charge in [-0.15, -0.1) is 0 Å². The van der Waals surface area contributed by atoms with Crippen LogP contribution in [0.1, 0.15) is 30.4 Å². The van der Waals surface area contributed by atoms with E-state index in [0.29, 0.717) is 6.42 Å². The second-order valence-corrected chi connectivity index (χ2v) is 4.62.